The predicted octanol–water partition coefficient (Wildman–Crippen LogP) is 3.24. The molecule has 0 aromatic heterocycles. The van der Waals surface area contributed by atoms with Gasteiger partial charge in [0.15, 0.2) is 0 Å². The van der Waals surface area contributed by atoms with Crippen LogP contribution in [0.3, 0.4) is 0 Å². The molecular weight excluding hydrogens is 402 g/mol. The fraction of sp³-hybridized carbons (Fsp3) is 0.364. The average Bonchev–Trinajstić information content (AvgIpc) is 2.68. The first kappa shape index (κ1) is 23.4. The second-order valence-electron chi connectivity index (χ2n) is 7.29. The van der Waals surface area contributed by atoms with Gasteiger partial charge in [0.25, 0.3) is 5.91 Å². The van der Waals surface area contributed by atoms with Crippen molar-refractivity contribution in [1.29, 1.82) is 0 Å². The van der Waals surface area contributed by atoms with Crippen molar-refractivity contribution in [2.45, 2.75) is 40.2 Å². The van der Waals surface area contributed by atoms with Crippen LogP contribution in [0.2, 0.25) is 0 Å². The Labute approximate surface area is 178 Å². The molecule has 2 rings (SSSR count). The summed E-state index contributed by atoms with van der Waals surface area (Å²) in [5.41, 5.74) is 3.01. The Balaban J connectivity index is 2.33. The SMILES string of the molecule is CCCNC(=O)c1ccccc1NC(=O)[C@@H](C)N(c1ccc(C)c(C)c1)S(C)(=O)=O. The minimum absolute atomic E-state index is 0.297. The second-order valence-corrected chi connectivity index (χ2v) is 9.15. The zero-order valence-corrected chi connectivity index (χ0v) is 18.8. The Bertz CT molecular complexity index is 1030. The topological polar surface area (TPSA) is 95.6 Å². The van der Waals surface area contributed by atoms with E-state index >= 15 is 0 Å². The molecule has 0 fully saturated rings. The van der Waals surface area contributed by atoms with Gasteiger partial charge in [-0.25, -0.2) is 8.42 Å². The van der Waals surface area contributed by atoms with Crippen LogP contribution >= 0.6 is 0 Å². The summed E-state index contributed by atoms with van der Waals surface area (Å²) in [6.07, 6.45) is 1.86. The maximum absolute atomic E-state index is 13.0. The number of sulfonamides is 1. The number of hydrogen-bond acceptors (Lipinski definition) is 4. The van der Waals surface area contributed by atoms with Crippen LogP contribution in [0, 0.1) is 13.8 Å². The molecule has 2 aromatic rings. The summed E-state index contributed by atoms with van der Waals surface area (Å²) >= 11 is 0. The van der Waals surface area contributed by atoms with Crippen molar-refractivity contribution < 1.29 is 18.0 Å². The number of nitrogens with zero attached hydrogens (tertiary/aromatic N) is 1. The van der Waals surface area contributed by atoms with E-state index in [9.17, 15) is 18.0 Å². The van der Waals surface area contributed by atoms with Gasteiger partial charge in [0.2, 0.25) is 15.9 Å². The van der Waals surface area contributed by atoms with Crippen LogP contribution in [0.4, 0.5) is 11.4 Å². The molecule has 0 aliphatic carbocycles. The Morgan fingerprint density at radius 3 is 2.33 bits per heavy atom. The van der Waals surface area contributed by atoms with E-state index in [1.54, 1.807) is 36.4 Å². The van der Waals surface area contributed by atoms with Crippen LogP contribution in [0.5, 0.6) is 0 Å². The van der Waals surface area contributed by atoms with Crippen LogP contribution in [0.1, 0.15) is 41.8 Å². The summed E-state index contributed by atoms with van der Waals surface area (Å²) < 4.78 is 26.1. The molecule has 2 N–H and O–H groups in total. The number of anilines is 2. The van der Waals surface area contributed by atoms with Gasteiger partial charge in [-0.05, 0) is 62.6 Å². The minimum Gasteiger partial charge on any atom is -0.352 e. The molecule has 0 heterocycles. The molecule has 30 heavy (non-hydrogen) atoms. The van der Waals surface area contributed by atoms with Crippen molar-refractivity contribution in [2.75, 3.05) is 22.4 Å². The van der Waals surface area contributed by atoms with Gasteiger partial charge in [-0.15, -0.1) is 0 Å². The third-order valence-corrected chi connectivity index (χ3v) is 6.04. The van der Waals surface area contributed by atoms with Crippen LogP contribution in [-0.4, -0.2) is 39.1 Å². The molecule has 7 nitrogen and oxygen atoms in total. The average molecular weight is 432 g/mol. The maximum atomic E-state index is 13.0. The summed E-state index contributed by atoms with van der Waals surface area (Å²) in [6.45, 7) is 7.80. The van der Waals surface area contributed by atoms with E-state index in [0.29, 0.717) is 23.5 Å². The summed E-state index contributed by atoms with van der Waals surface area (Å²) in [6, 6.07) is 10.9. The highest BCUT2D eigenvalue weighted by Crippen LogP contribution is 2.25. The lowest BCUT2D eigenvalue weighted by molar-refractivity contribution is -0.116. The molecule has 0 radical (unpaired) electrons. The summed E-state index contributed by atoms with van der Waals surface area (Å²) in [7, 11) is -3.73. The van der Waals surface area contributed by atoms with Gasteiger partial charge in [0.05, 0.1) is 23.2 Å². The molecule has 162 valence electrons. The number of benzene rings is 2. The van der Waals surface area contributed by atoms with Gasteiger partial charge in [-0.2, -0.15) is 0 Å². The number of para-hydroxylation sites is 1. The monoisotopic (exact) mass is 431 g/mol. The Hall–Kier alpha value is -2.87. The normalized spacial score (nSPS) is 12.2. The molecule has 0 saturated heterocycles. The fourth-order valence-corrected chi connectivity index (χ4v) is 4.20. The van der Waals surface area contributed by atoms with Crippen molar-refractivity contribution in [3.8, 4) is 0 Å². The zero-order chi connectivity index (χ0) is 22.5. The van der Waals surface area contributed by atoms with Crippen LogP contribution in [-0.2, 0) is 14.8 Å². The van der Waals surface area contributed by atoms with Crippen LogP contribution in [0.25, 0.3) is 0 Å². The number of aryl methyl sites for hydroxylation is 2. The highest BCUT2D eigenvalue weighted by atomic mass is 32.2. The van der Waals surface area contributed by atoms with Crippen molar-refractivity contribution in [3.63, 3.8) is 0 Å². The van der Waals surface area contributed by atoms with Gasteiger partial charge in [-0.3, -0.25) is 13.9 Å². The third kappa shape index (κ3) is 5.60. The Kier molecular flexibility index (Phi) is 7.61. The first-order valence-electron chi connectivity index (χ1n) is 9.81. The van der Waals surface area contributed by atoms with E-state index in [0.717, 1.165) is 28.1 Å². The number of rotatable bonds is 8. The lowest BCUT2D eigenvalue weighted by atomic mass is 10.1. The highest BCUT2D eigenvalue weighted by molar-refractivity contribution is 7.92. The van der Waals surface area contributed by atoms with E-state index < -0.39 is 22.0 Å². The molecular formula is C22H29N3O4S. The lowest BCUT2D eigenvalue weighted by Crippen LogP contribution is -2.45. The predicted molar refractivity (Wildman–Crippen MR) is 120 cm³/mol. The molecule has 1 atom stereocenters. The summed E-state index contributed by atoms with van der Waals surface area (Å²) in [5, 5.41) is 5.49. The largest absolute Gasteiger partial charge is 0.352 e. The van der Waals surface area contributed by atoms with Gasteiger partial charge >= 0.3 is 0 Å². The van der Waals surface area contributed by atoms with Gasteiger partial charge in [-0.1, -0.05) is 25.1 Å². The molecule has 0 aliphatic heterocycles. The molecule has 0 bridgehead atoms. The summed E-state index contributed by atoms with van der Waals surface area (Å²) in [5.74, 6) is -0.830. The second kappa shape index (κ2) is 9.75. The Morgan fingerprint density at radius 2 is 1.73 bits per heavy atom. The van der Waals surface area contributed by atoms with E-state index in [2.05, 4.69) is 10.6 Å². The Morgan fingerprint density at radius 1 is 1.07 bits per heavy atom. The first-order valence-corrected chi connectivity index (χ1v) is 11.7. The van der Waals surface area contributed by atoms with E-state index in [4.69, 9.17) is 0 Å². The van der Waals surface area contributed by atoms with Crippen molar-refractivity contribution in [2.24, 2.45) is 0 Å². The van der Waals surface area contributed by atoms with E-state index in [1.807, 2.05) is 26.8 Å². The quantitative estimate of drug-likeness (QED) is 0.671. The molecule has 0 saturated carbocycles. The van der Waals surface area contributed by atoms with Gasteiger partial charge < -0.3 is 10.6 Å². The maximum Gasteiger partial charge on any atom is 0.253 e. The smallest absolute Gasteiger partial charge is 0.253 e. The number of carbonyl (C=O) groups is 2. The van der Waals surface area contributed by atoms with Gasteiger partial charge in [0, 0.05) is 6.54 Å². The fourth-order valence-electron chi connectivity index (χ4n) is 3.03. The number of hydrogen-bond donors (Lipinski definition) is 2. The van der Waals surface area contributed by atoms with Crippen LogP contribution < -0.4 is 14.9 Å². The minimum atomic E-state index is -3.73. The number of nitrogens with one attached hydrogen (secondary N) is 2. The van der Waals surface area contributed by atoms with Gasteiger partial charge in [0.1, 0.15) is 6.04 Å². The molecule has 2 aromatic carbocycles. The summed E-state index contributed by atoms with van der Waals surface area (Å²) in [4.78, 5) is 25.4. The van der Waals surface area contributed by atoms with Crippen molar-refractivity contribution in [3.05, 3.63) is 59.2 Å². The molecule has 2 amide bonds. The third-order valence-electron chi connectivity index (χ3n) is 4.80. The highest BCUT2D eigenvalue weighted by Gasteiger charge is 2.30. The zero-order valence-electron chi connectivity index (χ0n) is 18.0. The molecule has 0 aliphatic rings. The van der Waals surface area contributed by atoms with Crippen LogP contribution in [0.15, 0.2) is 42.5 Å². The van der Waals surface area contributed by atoms with E-state index in [1.165, 1.54) is 6.92 Å². The number of carbonyl (C=O) groups excluding carboxylic acids is 2. The standard InChI is InChI=1S/C22H29N3O4S/c1-6-13-23-22(27)19-9-7-8-10-20(19)24-21(26)17(4)25(30(5,28)29)18-12-11-15(2)16(3)14-18/h7-12,14,17H,6,13H2,1-5H3,(H,23,27)(H,24,26)/t17-/m1/s1. The first-order chi connectivity index (χ1) is 14.1. The molecule has 8 heteroatoms. The van der Waals surface area contributed by atoms with E-state index in [-0.39, 0.29) is 5.91 Å². The lowest BCUT2D eigenvalue weighted by Gasteiger charge is -2.29. The van der Waals surface area contributed by atoms with Crippen molar-refractivity contribution in [1.82, 2.24) is 5.32 Å². The van der Waals surface area contributed by atoms with Crippen molar-refractivity contribution >= 4 is 33.2 Å². The molecule has 0 spiro atoms. The number of amides is 2. The molecule has 0 unspecified atom stereocenters.